The van der Waals surface area contributed by atoms with Gasteiger partial charge in [0.15, 0.2) is 0 Å². The van der Waals surface area contributed by atoms with E-state index in [2.05, 4.69) is 10.2 Å². The van der Waals surface area contributed by atoms with E-state index in [4.69, 9.17) is 10.5 Å². The Balaban J connectivity index is 1.88. The van der Waals surface area contributed by atoms with Crippen LogP contribution in [0.3, 0.4) is 0 Å². The molecule has 0 aromatic carbocycles. The average Bonchev–Trinajstić information content (AvgIpc) is 2.77. The fourth-order valence-electron chi connectivity index (χ4n) is 1.85. The Kier molecular flexibility index (Phi) is 2.72. The SMILES string of the molecule is Cc1c(N)n[nH]c1CCC1CCOC1. The fourth-order valence-corrected chi connectivity index (χ4v) is 1.85. The maximum Gasteiger partial charge on any atom is 0.148 e. The Morgan fingerprint density at radius 1 is 1.64 bits per heavy atom. The molecular weight excluding hydrogens is 178 g/mol. The van der Waals surface area contributed by atoms with E-state index in [-0.39, 0.29) is 0 Å². The Labute approximate surface area is 83.8 Å². The van der Waals surface area contributed by atoms with E-state index in [0.29, 0.717) is 5.82 Å². The summed E-state index contributed by atoms with van der Waals surface area (Å²) >= 11 is 0. The lowest BCUT2D eigenvalue weighted by Gasteiger charge is -2.05. The molecule has 0 radical (unpaired) electrons. The molecule has 1 aromatic heterocycles. The van der Waals surface area contributed by atoms with Crippen LogP contribution in [0.1, 0.15) is 24.1 Å². The summed E-state index contributed by atoms with van der Waals surface area (Å²) in [6.07, 6.45) is 3.40. The molecule has 1 fully saturated rings. The van der Waals surface area contributed by atoms with Crippen molar-refractivity contribution in [1.29, 1.82) is 0 Å². The highest BCUT2D eigenvalue weighted by Crippen LogP contribution is 2.20. The van der Waals surface area contributed by atoms with Gasteiger partial charge in [0.1, 0.15) is 5.82 Å². The zero-order chi connectivity index (χ0) is 9.97. The Bertz CT molecular complexity index is 302. The summed E-state index contributed by atoms with van der Waals surface area (Å²) in [7, 11) is 0. The molecule has 2 rings (SSSR count). The van der Waals surface area contributed by atoms with Crippen molar-refractivity contribution in [1.82, 2.24) is 10.2 Å². The molecule has 1 aliphatic rings. The van der Waals surface area contributed by atoms with Crippen LogP contribution in [-0.2, 0) is 11.2 Å². The van der Waals surface area contributed by atoms with Crippen molar-refractivity contribution in [2.75, 3.05) is 18.9 Å². The largest absolute Gasteiger partial charge is 0.382 e. The van der Waals surface area contributed by atoms with Crippen LogP contribution in [0.2, 0.25) is 0 Å². The van der Waals surface area contributed by atoms with E-state index in [1.54, 1.807) is 0 Å². The molecule has 3 N–H and O–H groups in total. The van der Waals surface area contributed by atoms with Crippen LogP contribution in [0.5, 0.6) is 0 Å². The van der Waals surface area contributed by atoms with Gasteiger partial charge in [-0.05, 0) is 32.1 Å². The second-order valence-corrected chi connectivity index (χ2v) is 3.98. The number of hydrogen-bond donors (Lipinski definition) is 2. The summed E-state index contributed by atoms with van der Waals surface area (Å²) in [5.74, 6) is 1.35. The van der Waals surface area contributed by atoms with E-state index in [1.165, 1.54) is 18.5 Å². The lowest BCUT2D eigenvalue weighted by molar-refractivity contribution is 0.184. The van der Waals surface area contributed by atoms with Crippen molar-refractivity contribution in [3.63, 3.8) is 0 Å². The minimum atomic E-state index is 0.627. The number of nitrogens with zero attached hydrogens (tertiary/aromatic N) is 1. The number of H-pyrrole nitrogens is 1. The summed E-state index contributed by atoms with van der Waals surface area (Å²) in [6, 6.07) is 0. The number of anilines is 1. The third-order valence-electron chi connectivity index (χ3n) is 2.97. The average molecular weight is 195 g/mol. The summed E-state index contributed by atoms with van der Waals surface area (Å²) in [6.45, 7) is 3.86. The highest BCUT2D eigenvalue weighted by Gasteiger charge is 2.16. The summed E-state index contributed by atoms with van der Waals surface area (Å²) in [5.41, 5.74) is 7.93. The molecule has 78 valence electrons. The first-order valence-corrected chi connectivity index (χ1v) is 5.14. The molecular formula is C10H17N3O. The number of nitrogens with two attached hydrogens (primary N) is 1. The molecule has 0 amide bonds. The van der Waals surface area contributed by atoms with Crippen molar-refractivity contribution in [3.05, 3.63) is 11.3 Å². The second kappa shape index (κ2) is 4.00. The lowest BCUT2D eigenvalue weighted by atomic mass is 10.0. The van der Waals surface area contributed by atoms with Gasteiger partial charge in [0, 0.05) is 24.5 Å². The van der Waals surface area contributed by atoms with Gasteiger partial charge in [-0.25, -0.2) is 0 Å². The van der Waals surface area contributed by atoms with Gasteiger partial charge in [-0.15, -0.1) is 0 Å². The summed E-state index contributed by atoms with van der Waals surface area (Å²) < 4.78 is 5.33. The number of aryl methyl sites for hydroxylation is 1. The molecule has 1 unspecified atom stereocenters. The Morgan fingerprint density at radius 2 is 2.50 bits per heavy atom. The quantitative estimate of drug-likeness (QED) is 0.763. The first kappa shape index (κ1) is 9.52. The number of aromatic amines is 1. The van der Waals surface area contributed by atoms with E-state index in [9.17, 15) is 0 Å². The summed E-state index contributed by atoms with van der Waals surface area (Å²) in [5, 5.41) is 6.96. The minimum Gasteiger partial charge on any atom is -0.382 e. The molecule has 1 atom stereocenters. The lowest BCUT2D eigenvalue weighted by Crippen LogP contribution is -2.02. The fraction of sp³-hybridized carbons (Fsp3) is 0.700. The Hall–Kier alpha value is -1.03. The second-order valence-electron chi connectivity index (χ2n) is 3.98. The monoisotopic (exact) mass is 195 g/mol. The molecule has 0 bridgehead atoms. The van der Waals surface area contributed by atoms with Gasteiger partial charge in [-0.2, -0.15) is 5.10 Å². The predicted octanol–water partition coefficient (Wildman–Crippen LogP) is 1.27. The third-order valence-corrected chi connectivity index (χ3v) is 2.97. The topological polar surface area (TPSA) is 63.9 Å². The number of nitrogens with one attached hydrogen (secondary N) is 1. The van der Waals surface area contributed by atoms with Crippen LogP contribution >= 0.6 is 0 Å². The molecule has 0 saturated carbocycles. The predicted molar refractivity (Wildman–Crippen MR) is 55.0 cm³/mol. The van der Waals surface area contributed by atoms with Crippen LogP contribution in [0, 0.1) is 12.8 Å². The maximum absolute atomic E-state index is 5.66. The van der Waals surface area contributed by atoms with Crippen LogP contribution in [-0.4, -0.2) is 23.4 Å². The number of hydrogen-bond acceptors (Lipinski definition) is 3. The third kappa shape index (κ3) is 1.90. The molecule has 4 nitrogen and oxygen atoms in total. The zero-order valence-electron chi connectivity index (χ0n) is 8.55. The summed E-state index contributed by atoms with van der Waals surface area (Å²) in [4.78, 5) is 0. The number of nitrogen functional groups attached to an aromatic ring is 1. The van der Waals surface area contributed by atoms with Gasteiger partial charge in [-0.1, -0.05) is 0 Å². The van der Waals surface area contributed by atoms with Gasteiger partial charge in [-0.3, -0.25) is 5.10 Å². The molecule has 14 heavy (non-hydrogen) atoms. The number of aromatic nitrogens is 2. The van der Waals surface area contributed by atoms with E-state index in [0.717, 1.165) is 31.1 Å². The smallest absolute Gasteiger partial charge is 0.148 e. The number of ether oxygens (including phenoxy) is 1. The molecule has 2 heterocycles. The molecule has 1 saturated heterocycles. The van der Waals surface area contributed by atoms with Gasteiger partial charge < -0.3 is 10.5 Å². The first-order valence-electron chi connectivity index (χ1n) is 5.14. The van der Waals surface area contributed by atoms with Gasteiger partial charge in [0.05, 0.1) is 0 Å². The molecule has 0 aliphatic carbocycles. The number of rotatable bonds is 3. The van der Waals surface area contributed by atoms with Gasteiger partial charge >= 0.3 is 0 Å². The van der Waals surface area contributed by atoms with Gasteiger partial charge in [0.25, 0.3) is 0 Å². The standard InChI is InChI=1S/C10H17N3O/c1-7-9(12-13-10(7)11)3-2-8-4-5-14-6-8/h8H,2-6H2,1H3,(H3,11,12,13). The van der Waals surface area contributed by atoms with Crippen molar-refractivity contribution in [2.45, 2.75) is 26.2 Å². The highest BCUT2D eigenvalue weighted by atomic mass is 16.5. The molecule has 4 heteroatoms. The molecule has 0 spiro atoms. The molecule has 1 aliphatic heterocycles. The van der Waals surface area contributed by atoms with E-state index < -0.39 is 0 Å². The van der Waals surface area contributed by atoms with Gasteiger partial charge in [0.2, 0.25) is 0 Å². The van der Waals surface area contributed by atoms with Crippen molar-refractivity contribution < 1.29 is 4.74 Å². The van der Waals surface area contributed by atoms with Crippen molar-refractivity contribution >= 4 is 5.82 Å². The van der Waals surface area contributed by atoms with Crippen LogP contribution in [0.25, 0.3) is 0 Å². The highest BCUT2D eigenvalue weighted by molar-refractivity contribution is 5.40. The molecule has 1 aromatic rings. The van der Waals surface area contributed by atoms with E-state index >= 15 is 0 Å². The Morgan fingerprint density at radius 3 is 3.07 bits per heavy atom. The zero-order valence-corrected chi connectivity index (χ0v) is 8.55. The maximum atomic E-state index is 5.66. The minimum absolute atomic E-state index is 0.627. The first-order chi connectivity index (χ1) is 6.77. The van der Waals surface area contributed by atoms with Crippen LogP contribution in [0.4, 0.5) is 5.82 Å². The van der Waals surface area contributed by atoms with Crippen molar-refractivity contribution in [3.8, 4) is 0 Å². The van der Waals surface area contributed by atoms with Crippen LogP contribution < -0.4 is 5.73 Å². The van der Waals surface area contributed by atoms with Crippen LogP contribution in [0.15, 0.2) is 0 Å². The van der Waals surface area contributed by atoms with E-state index in [1.807, 2.05) is 6.92 Å². The van der Waals surface area contributed by atoms with Crippen molar-refractivity contribution in [2.24, 2.45) is 5.92 Å². The normalized spacial score (nSPS) is 21.6.